The van der Waals surface area contributed by atoms with Gasteiger partial charge in [0.2, 0.25) is 0 Å². The number of carbonyl (C=O) groups excluding carboxylic acids is 2. The third-order valence-corrected chi connectivity index (χ3v) is 8.71. The van der Waals surface area contributed by atoms with E-state index >= 15 is 0 Å². The number of aromatic nitrogens is 1. The number of aromatic amines is 1. The standard InChI is InChI=1S/C30H35ClN4O3/c1-2-38-30(37)35-18-13-24-25-19-22(31)9-10-26(25)32-27(24)28(35)20-5-7-21(8-6-20)29(36)34-16-11-23(12-17-34)33-14-3-4-15-33/h5-10,19,23,28,32H,2-4,11-18H2,1H3. The summed E-state index contributed by atoms with van der Waals surface area (Å²) in [5, 5.41) is 1.78. The first kappa shape index (κ1) is 25.3. The molecule has 2 amide bonds. The summed E-state index contributed by atoms with van der Waals surface area (Å²) in [6.07, 6.45) is 5.08. The maximum absolute atomic E-state index is 13.3. The van der Waals surface area contributed by atoms with Gasteiger partial charge in [-0.1, -0.05) is 23.7 Å². The van der Waals surface area contributed by atoms with Gasteiger partial charge in [-0.25, -0.2) is 4.79 Å². The van der Waals surface area contributed by atoms with Crippen LogP contribution in [0.2, 0.25) is 5.02 Å². The van der Waals surface area contributed by atoms with E-state index in [0.29, 0.717) is 29.8 Å². The van der Waals surface area contributed by atoms with Crippen molar-refractivity contribution in [1.29, 1.82) is 0 Å². The predicted molar refractivity (Wildman–Crippen MR) is 149 cm³/mol. The molecule has 1 aromatic heterocycles. The number of ether oxygens (including phenoxy) is 1. The van der Waals surface area contributed by atoms with Crippen LogP contribution in [0.4, 0.5) is 4.79 Å². The van der Waals surface area contributed by atoms with Gasteiger partial charge < -0.3 is 19.5 Å². The van der Waals surface area contributed by atoms with Gasteiger partial charge >= 0.3 is 6.09 Å². The molecule has 3 aliphatic rings. The second-order valence-corrected chi connectivity index (χ2v) is 11.1. The monoisotopic (exact) mass is 534 g/mol. The number of rotatable bonds is 4. The van der Waals surface area contributed by atoms with Gasteiger partial charge in [0.05, 0.1) is 6.61 Å². The molecule has 2 aromatic carbocycles. The number of piperidine rings is 1. The van der Waals surface area contributed by atoms with Crippen molar-refractivity contribution in [3.8, 4) is 0 Å². The molecule has 1 atom stereocenters. The molecular weight excluding hydrogens is 500 g/mol. The van der Waals surface area contributed by atoms with Crippen LogP contribution in [0, 0.1) is 0 Å². The van der Waals surface area contributed by atoms with Gasteiger partial charge in [0.25, 0.3) is 5.91 Å². The van der Waals surface area contributed by atoms with Gasteiger partial charge in [-0.2, -0.15) is 0 Å². The van der Waals surface area contributed by atoms with Crippen molar-refractivity contribution in [3.63, 3.8) is 0 Å². The van der Waals surface area contributed by atoms with Gasteiger partial charge in [0.15, 0.2) is 0 Å². The number of amides is 2. The summed E-state index contributed by atoms with van der Waals surface area (Å²) in [5.41, 5.74) is 4.79. The summed E-state index contributed by atoms with van der Waals surface area (Å²) in [4.78, 5) is 36.2. The van der Waals surface area contributed by atoms with Crippen molar-refractivity contribution >= 4 is 34.5 Å². The van der Waals surface area contributed by atoms with Crippen molar-refractivity contribution in [2.75, 3.05) is 39.3 Å². The molecule has 4 heterocycles. The highest BCUT2D eigenvalue weighted by atomic mass is 35.5. The van der Waals surface area contributed by atoms with Crippen molar-refractivity contribution in [2.45, 2.75) is 51.1 Å². The molecule has 3 aliphatic heterocycles. The summed E-state index contributed by atoms with van der Waals surface area (Å²) in [6.45, 7) is 6.71. The molecule has 2 saturated heterocycles. The molecule has 2 fully saturated rings. The van der Waals surface area contributed by atoms with Crippen molar-refractivity contribution < 1.29 is 14.3 Å². The first-order valence-corrected chi connectivity index (χ1v) is 14.3. The fourth-order valence-electron chi connectivity index (χ4n) is 6.54. The molecule has 38 heavy (non-hydrogen) atoms. The van der Waals surface area contributed by atoms with Gasteiger partial charge in [-0.15, -0.1) is 0 Å². The number of fused-ring (bicyclic) bond motifs is 3. The van der Waals surface area contributed by atoms with Crippen LogP contribution in [-0.2, 0) is 11.2 Å². The van der Waals surface area contributed by atoms with Crippen LogP contribution < -0.4 is 0 Å². The van der Waals surface area contributed by atoms with E-state index in [2.05, 4.69) is 9.88 Å². The van der Waals surface area contributed by atoms with E-state index in [1.165, 1.54) is 31.5 Å². The van der Waals surface area contributed by atoms with E-state index in [0.717, 1.165) is 54.5 Å². The Labute approximate surface area is 228 Å². The normalized spacial score (nSPS) is 20.6. The van der Waals surface area contributed by atoms with Crippen molar-refractivity contribution in [2.24, 2.45) is 0 Å². The third kappa shape index (κ3) is 4.67. The van der Waals surface area contributed by atoms with E-state index in [9.17, 15) is 9.59 Å². The number of hydrogen-bond acceptors (Lipinski definition) is 4. The summed E-state index contributed by atoms with van der Waals surface area (Å²) >= 11 is 6.31. The lowest BCUT2D eigenvalue weighted by Gasteiger charge is -2.37. The first-order chi connectivity index (χ1) is 18.5. The average Bonchev–Trinajstić information content (AvgIpc) is 3.61. The van der Waals surface area contributed by atoms with Crippen LogP contribution in [0.5, 0.6) is 0 Å². The van der Waals surface area contributed by atoms with Crippen LogP contribution in [0.15, 0.2) is 42.5 Å². The smallest absolute Gasteiger partial charge is 0.410 e. The zero-order chi connectivity index (χ0) is 26.2. The molecule has 3 aromatic rings. The molecule has 1 unspecified atom stereocenters. The van der Waals surface area contributed by atoms with Crippen LogP contribution in [0.1, 0.15) is 65.8 Å². The van der Waals surface area contributed by atoms with Gasteiger partial charge in [0.1, 0.15) is 6.04 Å². The highest BCUT2D eigenvalue weighted by Crippen LogP contribution is 2.39. The number of nitrogens with zero attached hydrogens (tertiary/aromatic N) is 3. The van der Waals surface area contributed by atoms with Gasteiger partial charge in [-0.05, 0) is 93.6 Å². The Balaban J connectivity index is 1.25. The first-order valence-electron chi connectivity index (χ1n) is 13.9. The Morgan fingerprint density at radius 2 is 1.74 bits per heavy atom. The predicted octanol–water partition coefficient (Wildman–Crippen LogP) is 5.63. The summed E-state index contributed by atoms with van der Waals surface area (Å²) in [6, 6.07) is 13.9. The summed E-state index contributed by atoms with van der Waals surface area (Å²) in [5.74, 6) is 0.0863. The van der Waals surface area contributed by atoms with Gasteiger partial charge in [-0.3, -0.25) is 9.69 Å². The third-order valence-electron chi connectivity index (χ3n) is 8.47. The number of hydrogen-bond donors (Lipinski definition) is 1. The van der Waals surface area contributed by atoms with Crippen molar-refractivity contribution in [1.82, 2.24) is 19.7 Å². The summed E-state index contributed by atoms with van der Waals surface area (Å²) < 4.78 is 5.42. The minimum atomic E-state index is -0.333. The molecule has 6 rings (SSSR count). The molecular formula is C30H35ClN4O3. The zero-order valence-electron chi connectivity index (χ0n) is 21.9. The number of carbonyl (C=O) groups is 2. The lowest BCUT2D eigenvalue weighted by molar-refractivity contribution is 0.0644. The van der Waals surface area contributed by atoms with E-state index in [-0.39, 0.29) is 18.0 Å². The number of nitrogens with one attached hydrogen (secondary N) is 1. The SMILES string of the molecule is CCOC(=O)N1CCc2c([nH]c3ccc(Cl)cc23)C1c1ccc(C(=O)N2CCC(N3CCCC3)CC2)cc1. The second kappa shape index (κ2) is 10.6. The maximum atomic E-state index is 13.3. The molecule has 8 heteroatoms. The Morgan fingerprint density at radius 1 is 1.00 bits per heavy atom. The molecule has 7 nitrogen and oxygen atoms in total. The van der Waals surface area contributed by atoms with E-state index in [1.807, 2.05) is 54.3 Å². The lowest BCUT2D eigenvalue weighted by atomic mass is 9.92. The maximum Gasteiger partial charge on any atom is 0.410 e. The lowest BCUT2D eigenvalue weighted by Crippen LogP contribution is -2.45. The van der Waals surface area contributed by atoms with Gasteiger partial charge in [0, 0.05) is 52.9 Å². The van der Waals surface area contributed by atoms with Crippen LogP contribution in [-0.4, -0.2) is 77.1 Å². The average molecular weight is 535 g/mol. The highest BCUT2D eigenvalue weighted by molar-refractivity contribution is 6.31. The Hall–Kier alpha value is -3.03. The van der Waals surface area contributed by atoms with Crippen LogP contribution in [0.25, 0.3) is 10.9 Å². The molecule has 0 spiro atoms. The quantitative estimate of drug-likeness (QED) is 0.471. The Kier molecular flexibility index (Phi) is 7.06. The van der Waals surface area contributed by atoms with E-state index in [1.54, 1.807) is 4.90 Å². The molecule has 0 radical (unpaired) electrons. The van der Waals surface area contributed by atoms with E-state index < -0.39 is 0 Å². The molecule has 1 N–H and O–H groups in total. The Morgan fingerprint density at radius 3 is 2.45 bits per heavy atom. The number of likely N-dealkylation sites (tertiary alicyclic amines) is 2. The minimum absolute atomic E-state index is 0.0863. The van der Waals surface area contributed by atoms with Crippen LogP contribution >= 0.6 is 11.6 Å². The van der Waals surface area contributed by atoms with E-state index in [4.69, 9.17) is 16.3 Å². The molecule has 0 bridgehead atoms. The highest BCUT2D eigenvalue weighted by Gasteiger charge is 2.36. The second-order valence-electron chi connectivity index (χ2n) is 10.6. The van der Waals surface area contributed by atoms with Crippen molar-refractivity contribution in [3.05, 3.63) is 69.9 Å². The minimum Gasteiger partial charge on any atom is -0.450 e. The number of halogens is 1. The zero-order valence-corrected chi connectivity index (χ0v) is 22.7. The fourth-order valence-corrected chi connectivity index (χ4v) is 6.71. The largest absolute Gasteiger partial charge is 0.450 e. The number of H-pyrrole nitrogens is 1. The van der Waals surface area contributed by atoms with Crippen LogP contribution in [0.3, 0.4) is 0 Å². The molecule has 0 aliphatic carbocycles. The molecule has 0 saturated carbocycles. The topological polar surface area (TPSA) is 68.9 Å². The summed E-state index contributed by atoms with van der Waals surface area (Å²) in [7, 11) is 0. The Bertz CT molecular complexity index is 1320. The number of benzene rings is 2. The molecule has 200 valence electrons. The fraction of sp³-hybridized carbons (Fsp3) is 0.467.